The van der Waals surface area contributed by atoms with Gasteiger partial charge in [0.1, 0.15) is 11.4 Å². The molecule has 1 fully saturated rings. The predicted molar refractivity (Wildman–Crippen MR) is 88.5 cm³/mol. The molecule has 3 rings (SSSR count). The van der Waals surface area contributed by atoms with E-state index in [-0.39, 0.29) is 11.5 Å². The van der Waals surface area contributed by atoms with Crippen LogP contribution in [0.1, 0.15) is 44.7 Å². The number of rotatable bonds is 1. The third-order valence-corrected chi connectivity index (χ3v) is 4.73. The number of likely N-dealkylation sites (tertiary alicyclic amines) is 1. The van der Waals surface area contributed by atoms with Gasteiger partial charge < -0.3 is 20.1 Å². The van der Waals surface area contributed by atoms with Crippen LogP contribution in [0, 0.1) is 0 Å². The Morgan fingerprint density at radius 1 is 1.35 bits per heavy atom. The fourth-order valence-corrected chi connectivity index (χ4v) is 3.40. The van der Waals surface area contributed by atoms with Crippen molar-refractivity contribution < 1.29 is 14.3 Å². The highest BCUT2D eigenvalue weighted by molar-refractivity contribution is 5.68. The second-order valence-corrected chi connectivity index (χ2v) is 7.57. The van der Waals surface area contributed by atoms with E-state index in [1.165, 1.54) is 5.56 Å². The molecule has 5 heteroatoms. The number of hydrogen-bond donors (Lipinski definition) is 1. The summed E-state index contributed by atoms with van der Waals surface area (Å²) in [7, 11) is 0. The van der Waals surface area contributed by atoms with Crippen LogP contribution in [-0.2, 0) is 16.7 Å². The topological polar surface area (TPSA) is 64.8 Å². The van der Waals surface area contributed by atoms with Crippen molar-refractivity contribution in [1.82, 2.24) is 4.90 Å². The molecule has 5 nitrogen and oxygen atoms in total. The van der Waals surface area contributed by atoms with E-state index in [0.717, 1.165) is 24.2 Å². The van der Waals surface area contributed by atoms with Gasteiger partial charge in [0.15, 0.2) is 0 Å². The van der Waals surface area contributed by atoms with E-state index in [1.54, 1.807) is 4.90 Å². The van der Waals surface area contributed by atoms with Crippen molar-refractivity contribution in [2.24, 2.45) is 5.73 Å². The van der Waals surface area contributed by atoms with Crippen molar-refractivity contribution in [3.8, 4) is 5.75 Å². The zero-order chi connectivity index (χ0) is 16.7. The highest BCUT2D eigenvalue weighted by atomic mass is 16.6. The molecule has 2 heterocycles. The molecule has 1 amide bonds. The van der Waals surface area contributed by atoms with E-state index in [9.17, 15) is 4.79 Å². The molecular formula is C18H26N2O3. The van der Waals surface area contributed by atoms with Gasteiger partial charge in [0.05, 0.1) is 6.61 Å². The quantitative estimate of drug-likeness (QED) is 0.865. The first-order valence-electron chi connectivity index (χ1n) is 8.27. The van der Waals surface area contributed by atoms with Gasteiger partial charge >= 0.3 is 6.09 Å². The van der Waals surface area contributed by atoms with Gasteiger partial charge in [-0.1, -0.05) is 12.1 Å². The minimum atomic E-state index is -0.453. The van der Waals surface area contributed by atoms with Crippen LogP contribution in [0.25, 0.3) is 0 Å². The third-order valence-electron chi connectivity index (χ3n) is 4.73. The van der Waals surface area contributed by atoms with Gasteiger partial charge in [-0.25, -0.2) is 4.79 Å². The van der Waals surface area contributed by atoms with Crippen molar-refractivity contribution in [3.05, 3.63) is 29.3 Å². The first-order chi connectivity index (χ1) is 10.8. The number of hydrogen-bond acceptors (Lipinski definition) is 4. The lowest BCUT2D eigenvalue weighted by molar-refractivity contribution is 0.0152. The number of amides is 1. The summed E-state index contributed by atoms with van der Waals surface area (Å²) in [5, 5.41) is 0. The van der Waals surface area contributed by atoms with E-state index < -0.39 is 5.60 Å². The Kier molecular flexibility index (Phi) is 4.00. The number of piperidine rings is 1. The van der Waals surface area contributed by atoms with Crippen LogP contribution in [-0.4, -0.2) is 36.3 Å². The fourth-order valence-electron chi connectivity index (χ4n) is 3.40. The van der Waals surface area contributed by atoms with Crippen LogP contribution in [0.5, 0.6) is 5.75 Å². The minimum absolute atomic E-state index is 0.0129. The van der Waals surface area contributed by atoms with Gasteiger partial charge in [-0.3, -0.25) is 0 Å². The Morgan fingerprint density at radius 2 is 2.04 bits per heavy atom. The first kappa shape index (κ1) is 16.1. The van der Waals surface area contributed by atoms with Gasteiger partial charge in [-0.15, -0.1) is 0 Å². The lowest BCUT2D eigenvalue weighted by Crippen LogP contribution is -2.47. The van der Waals surface area contributed by atoms with E-state index in [0.29, 0.717) is 26.2 Å². The maximum Gasteiger partial charge on any atom is 0.410 e. The highest BCUT2D eigenvalue weighted by Gasteiger charge is 2.44. The lowest BCUT2D eigenvalue weighted by Gasteiger charge is -2.39. The fraction of sp³-hybridized carbons (Fsp3) is 0.611. The van der Waals surface area contributed by atoms with Gasteiger partial charge in [0.25, 0.3) is 0 Å². The number of fused-ring (bicyclic) bond motifs is 2. The number of carbonyl (C=O) groups is 1. The van der Waals surface area contributed by atoms with Gasteiger partial charge in [0.2, 0.25) is 0 Å². The number of ether oxygens (including phenoxy) is 2. The summed E-state index contributed by atoms with van der Waals surface area (Å²) in [6.07, 6.45) is 1.57. The third kappa shape index (κ3) is 3.15. The van der Waals surface area contributed by atoms with Crippen molar-refractivity contribution in [2.75, 3.05) is 19.7 Å². The average molecular weight is 318 g/mol. The molecule has 0 aliphatic carbocycles. The summed E-state index contributed by atoms with van der Waals surface area (Å²) in [6.45, 7) is 8.31. The first-order valence-corrected chi connectivity index (χ1v) is 8.27. The zero-order valence-corrected chi connectivity index (χ0v) is 14.2. The Hall–Kier alpha value is -1.75. The van der Waals surface area contributed by atoms with Crippen molar-refractivity contribution >= 4 is 6.09 Å². The molecule has 23 heavy (non-hydrogen) atoms. The van der Waals surface area contributed by atoms with E-state index >= 15 is 0 Å². The molecule has 126 valence electrons. The van der Waals surface area contributed by atoms with Crippen LogP contribution in [0.2, 0.25) is 0 Å². The monoisotopic (exact) mass is 318 g/mol. The molecule has 1 aromatic carbocycles. The van der Waals surface area contributed by atoms with Crippen molar-refractivity contribution in [3.63, 3.8) is 0 Å². The molecule has 0 saturated carbocycles. The molecule has 0 atom stereocenters. The second kappa shape index (κ2) is 5.71. The molecule has 1 spiro atoms. The number of benzene rings is 1. The Morgan fingerprint density at radius 3 is 2.65 bits per heavy atom. The zero-order valence-electron chi connectivity index (χ0n) is 14.2. The van der Waals surface area contributed by atoms with Gasteiger partial charge in [-0.2, -0.15) is 0 Å². The Labute approximate surface area is 137 Å². The summed E-state index contributed by atoms with van der Waals surface area (Å²) in [4.78, 5) is 14.0. The maximum atomic E-state index is 12.2. The largest absolute Gasteiger partial charge is 0.492 e. The molecule has 2 N–H and O–H groups in total. The molecule has 0 unspecified atom stereocenters. The number of nitrogens with zero attached hydrogens (tertiary/aromatic N) is 1. The van der Waals surface area contributed by atoms with Crippen molar-refractivity contribution in [1.29, 1.82) is 0 Å². The lowest BCUT2D eigenvalue weighted by atomic mass is 9.74. The van der Waals surface area contributed by atoms with Gasteiger partial charge in [-0.05, 0) is 45.2 Å². The Bertz CT molecular complexity index is 599. The van der Waals surface area contributed by atoms with Gasteiger partial charge in [0, 0.05) is 30.6 Å². The molecule has 0 bridgehead atoms. The smallest absolute Gasteiger partial charge is 0.410 e. The Balaban J connectivity index is 1.72. The van der Waals surface area contributed by atoms with Crippen LogP contribution in [0.4, 0.5) is 4.79 Å². The highest BCUT2D eigenvalue weighted by Crippen LogP contribution is 2.45. The number of carbonyl (C=O) groups excluding carboxylic acids is 1. The summed E-state index contributed by atoms with van der Waals surface area (Å²) in [5.74, 6) is 0.966. The van der Waals surface area contributed by atoms with Crippen LogP contribution in [0.15, 0.2) is 18.2 Å². The van der Waals surface area contributed by atoms with E-state index in [2.05, 4.69) is 6.07 Å². The molecular weight excluding hydrogens is 292 g/mol. The van der Waals surface area contributed by atoms with E-state index in [1.807, 2.05) is 32.9 Å². The summed E-state index contributed by atoms with van der Waals surface area (Å²) in [5.41, 5.74) is 7.71. The summed E-state index contributed by atoms with van der Waals surface area (Å²) < 4.78 is 11.4. The standard InChI is InChI=1S/C18H26N2O3/c1-17(2,3)23-16(21)20-8-6-18(7-9-20)12-22-15-5-4-13(11-19)10-14(15)18/h4-5,10H,6-9,11-12,19H2,1-3H3. The predicted octanol–water partition coefficient (Wildman–Crippen LogP) is 2.81. The number of nitrogens with two attached hydrogens (primary N) is 1. The van der Waals surface area contributed by atoms with Crippen molar-refractivity contribution in [2.45, 2.75) is 51.2 Å². The average Bonchev–Trinajstić information content (AvgIpc) is 2.84. The molecule has 1 saturated heterocycles. The van der Waals surface area contributed by atoms with E-state index in [4.69, 9.17) is 15.2 Å². The molecule has 0 radical (unpaired) electrons. The van der Waals surface area contributed by atoms with Crippen LogP contribution in [0.3, 0.4) is 0 Å². The molecule has 2 aliphatic rings. The van der Waals surface area contributed by atoms with Crippen LogP contribution < -0.4 is 10.5 Å². The second-order valence-electron chi connectivity index (χ2n) is 7.57. The molecule has 0 aromatic heterocycles. The SMILES string of the molecule is CC(C)(C)OC(=O)N1CCC2(CC1)COc1ccc(CN)cc12. The normalized spacial score (nSPS) is 19.4. The minimum Gasteiger partial charge on any atom is -0.492 e. The summed E-state index contributed by atoms with van der Waals surface area (Å²) >= 11 is 0. The molecule has 2 aliphatic heterocycles. The maximum absolute atomic E-state index is 12.2. The molecule has 1 aromatic rings. The summed E-state index contributed by atoms with van der Waals surface area (Å²) in [6, 6.07) is 6.21. The van der Waals surface area contributed by atoms with Crippen LogP contribution >= 0.6 is 0 Å².